The van der Waals surface area contributed by atoms with Crippen molar-refractivity contribution in [3.63, 3.8) is 0 Å². The second kappa shape index (κ2) is 4.83. The normalized spacial score (nSPS) is 12.8. The number of aromatic amines is 1. The van der Waals surface area contributed by atoms with E-state index in [1.54, 1.807) is 28.8 Å². The van der Waals surface area contributed by atoms with E-state index in [1.165, 1.54) is 18.2 Å². The fourth-order valence-electron chi connectivity index (χ4n) is 2.43. The first-order chi connectivity index (χ1) is 9.58. The maximum absolute atomic E-state index is 13.9. The van der Waals surface area contributed by atoms with Gasteiger partial charge in [0.05, 0.1) is 17.1 Å². The second-order valence-electron chi connectivity index (χ2n) is 4.66. The van der Waals surface area contributed by atoms with Gasteiger partial charge in [-0.1, -0.05) is 18.2 Å². The molecule has 2 nitrogen and oxygen atoms in total. The van der Waals surface area contributed by atoms with Crippen LogP contribution in [-0.4, -0.2) is 9.55 Å². The minimum atomic E-state index is -0.346. The van der Waals surface area contributed by atoms with Gasteiger partial charge in [0.1, 0.15) is 11.6 Å². The van der Waals surface area contributed by atoms with Crippen LogP contribution in [0, 0.1) is 16.4 Å². The van der Waals surface area contributed by atoms with Gasteiger partial charge in [-0.3, -0.25) is 0 Å². The lowest BCUT2D eigenvalue weighted by atomic mass is 10.1. The summed E-state index contributed by atoms with van der Waals surface area (Å²) in [5, 5.41) is 0. The number of nitrogens with one attached hydrogen (secondary N) is 1. The zero-order chi connectivity index (χ0) is 14.3. The highest BCUT2D eigenvalue weighted by molar-refractivity contribution is 7.71. The lowest BCUT2D eigenvalue weighted by Crippen LogP contribution is -2.08. The number of aromatic nitrogens is 2. The molecule has 0 aliphatic heterocycles. The molecule has 0 aliphatic rings. The monoisotopic (exact) mass is 290 g/mol. The van der Waals surface area contributed by atoms with Crippen LogP contribution in [0.3, 0.4) is 0 Å². The van der Waals surface area contributed by atoms with Crippen LogP contribution in [0.25, 0.3) is 11.0 Å². The van der Waals surface area contributed by atoms with Gasteiger partial charge < -0.3 is 9.55 Å². The van der Waals surface area contributed by atoms with Crippen LogP contribution >= 0.6 is 12.2 Å². The van der Waals surface area contributed by atoms with Gasteiger partial charge in [-0.25, -0.2) is 8.78 Å². The zero-order valence-corrected chi connectivity index (χ0v) is 11.5. The number of H-pyrrole nitrogens is 1. The third-order valence-electron chi connectivity index (χ3n) is 3.42. The lowest BCUT2D eigenvalue weighted by molar-refractivity contribution is 0.560. The minimum absolute atomic E-state index is 0.298. The Balaban J connectivity index is 2.24. The quantitative estimate of drug-likeness (QED) is 0.685. The maximum atomic E-state index is 13.9. The molecule has 1 atom stereocenters. The summed E-state index contributed by atoms with van der Waals surface area (Å²) in [6.45, 7) is 1.84. The molecule has 20 heavy (non-hydrogen) atoms. The third-order valence-corrected chi connectivity index (χ3v) is 3.72. The Morgan fingerprint density at radius 3 is 2.65 bits per heavy atom. The van der Waals surface area contributed by atoms with Crippen LogP contribution in [0.4, 0.5) is 8.78 Å². The summed E-state index contributed by atoms with van der Waals surface area (Å²) in [7, 11) is 0. The molecule has 1 N–H and O–H groups in total. The van der Waals surface area contributed by atoms with Gasteiger partial charge in [0.25, 0.3) is 0 Å². The number of hydrogen-bond donors (Lipinski definition) is 1. The van der Waals surface area contributed by atoms with Crippen LogP contribution < -0.4 is 0 Å². The highest BCUT2D eigenvalue weighted by Gasteiger charge is 2.16. The van der Waals surface area contributed by atoms with Crippen molar-refractivity contribution in [2.24, 2.45) is 0 Å². The molecule has 3 aromatic rings. The molecule has 0 radical (unpaired) electrons. The van der Waals surface area contributed by atoms with E-state index < -0.39 is 0 Å². The Hall–Kier alpha value is -2.01. The van der Waals surface area contributed by atoms with E-state index >= 15 is 0 Å². The number of rotatable bonds is 2. The number of nitrogens with zero attached hydrogens (tertiary/aromatic N) is 1. The number of halogens is 2. The summed E-state index contributed by atoms with van der Waals surface area (Å²) in [6, 6.07) is 10.6. The van der Waals surface area contributed by atoms with Crippen LogP contribution in [0.15, 0.2) is 42.5 Å². The number of imidazole rings is 1. The molecule has 1 heterocycles. The first kappa shape index (κ1) is 13.0. The number of fused-ring (bicyclic) bond motifs is 1. The largest absolute Gasteiger partial charge is 0.331 e. The topological polar surface area (TPSA) is 20.7 Å². The average Bonchev–Trinajstić information content (AvgIpc) is 2.74. The van der Waals surface area contributed by atoms with Crippen molar-refractivity contribution in [2.75, 3.05) is 0 Å². The van der Waals surface area contributed by atoms with Crippen molar-refractivity contribution in [2.45, 2.75) is 13.0 Å². The molecule has 0 saturated carbocycles. The van der Waals surface area contributed by atoms with E-state index in [-0.39, 0.29) is 17.7 Å². The molecule has 5 heteroatoms. The summed E-state index contributed by atoms with van der Waals surface area (Å²) in [4.78, 5) is 3.01. The van der Waals surface area contributed by atoms with Crippen LogP contribution in [0.2, 0.25) is 0 Å². The van der Waals surface area contributed by atoms with Gasteiger partial charge in [-0.05, 0) is 43.4 Å². The lowest BCUT2D eigenvalue weighted by Gasteiger charge is -2.15. The highest BCUT2D eigenvalue weighted by Crippen LogP contribution is 2.26. The molecule has 1 aromatic heterocycles. The van der Waals surface area contributed by atoms with Crippen LogP contribution in [0.1, 0.15) is 18.5 Å². The van der Waals surface area contributed by atoms with Gasteiger partial charge in [0, 0.05) is 5.56 Å². The molecule has 0 saturated heterocycles. The van der Waals surface area contributed by atoms with Crippen LogP contribution in [0.5, 0.6) is 0 Å². The SMILES string of the molecule is CC(c1ccccc1F)n1c(=S)[nH]c2ccc(F)cc21. The molecule has 2 aromatic carbocycles. The molecule has 3 rings (SSSR count). The maximum Gasteiger partial charge on any atom is 0.178 e. The molecule has 0 spiro atoms. The third kappa shape index (κ3) is 2.04. The van der Waals surface area contributed by atoms with Crippen molar-refractivity contribution in [3.05, 3.63) is 64.4 Å². The summed E-state index contributed by atoms with van der Waals surface area (Å²) < 4.78 is 29.5. The van der Waals surface area contributed by atoms with Crippen LogP contribution in [-0.2, 0) is 0 Å². The molecule has 102 valence electrons. The fourth-order valence-corrected chi connectivity index (χ4v) is 2.80. The van der Waals surface area contributed by atoms with E-state index in [0.29, 0.717) is 15.9 Å². The smallest absolute Gasteiger partial charge is 0.178 e. The summed E-state index contributed by atoms with van der Waals surface area (Å²) in [6.07, 6.45) is 0. The molecule has 0 aliphatic carbocycles. The summed E-state index contributed by atoms with van der Waals surface area (Å²) >= 11 is 5.28. The summed E-state index contributed by atoms with van der Waals surface area (Å²) in [5.41, 5.74) is 1.89. The highest BCUT2D eigenvalue weighted by atomic mass is 32.1. The van der Waals surface area contributed by atoms with Gasteiger partial charge in [-0.2, -0.15) is 0 Å². The Morgan fingerprint density at radius 2 is 1.90 bits per heavy atom. The number of benzene rings is 2. The summed E-state index contributed by atoms with van der Waals surface area (Å²) in [5.74, 6) is -0.645. The van der Waals surface area contributed by atoms with Crippen molar-refractivity contribution in [1.82, 2.24) is 9.55 Å². The predicted octanol–water partition coefficient (Wildman–Crippen LogP) is 4.59. The minimum Gasteiger partial charge on any atom is -0.331 e. The predicted molar refractivity (Wildman–Crippen MR) is 77.3 cm³/mol. The van der Waals surface area contributed by atoms with E-state index in [1.807, 2.05) is 6.92 Å². The van der Waals surface area contributed by atoms with Gasteiger partial charge in [0.2, 0.25) is 0 Å². The second-order valence-corrected chi connectivity index (χ2v) is 5.05. The van der Waals surface area contributed by atoms with E-state index in [9.17, 15) is 8.78 Å². The van der Waals surface area contributed by atoms with Crippen molar-refractivity contribution in [3.8, 4) is 0 Å². The molecule has 0 amide bonds. The molecule has 0 fully saturated rings. The Bertz CT molecular complexity index is 835. The van der Waals surface area contributed by atoms with Gasteiger partial charge >= 0.3 is 0 Å². The zero-order valence-electron chi connectivity index (χ0n) is 10.7. The van der Waals surface area contributed by atoms with E-state index in [4.69, 9.17) is 12.2 Å². The fraction of sp³-hybridized carbons (Fsp3) is 0.133. The average molecular weight is 290 g/mol. The van der Waals surface area contributed by atoms with Crippen molar-refractivity contribution >= 4 is 23.3 Å². The molecular weight excluding hydrogens is 278 g/mol. The van der Waals surface area contributed by atoms with Gasteiger partial charge in [0.15, 0.2) is 4.77 Å². The molecular formula is C15H12F2N2S. The standard InChI is InChI=1S/C15H12F2N2S/c1-9(11-4-2-3-5-12(11)17)19-14-8-10(16)6-7-13(14)18-15(19)20/h2-9H,1H3,(H,18,20). The first-order valence-electron chi connectivity index (χ1n) is 6.22. The Kier molecular flexibility index (Phi) is 3.14. The molecule has 0 bridgehead atoms. The molecule has 1 unspecified atom stereocenters. The van der Waals surface area contributed by atoms with Crippen molar-refractivity contribution in [1.29, 1.82) is 0 Å². The van der Waals surface area contributed by atoms with E-state index in [2.05, 4.69) is 4.98 Å². The number of hydrogen-bond acceptors (Lipinski definition) is 1. The van der Waals surface area contributed by atoms with Crippen molar-refractivity contribution < 1.29 is 8.78 Å². The first-order valence-corrected chi connectivity index (χ1v) is 6.63. The van der Waals surface area contributed by atoms with Gasteiger partial charge in [-0.15, -0.1) is 0 Å². The Morgan fingerprint density at radius 1 is 1.15 bits per heavy atom. The van der Waals surface area contributed by atoms with E-state index in [0.717, 1.165) is 5.52 Å². The Labute approximate surface area is 119 Å².